The van der Waals surface area contributed by atoms with Crippen molar-refractivity contribution in [2.75, 3.05) is 20.7 Å². The summed E-state index contributed by atoms with van der Waals surface area (Å²) in [5.74, 6) is 1.52. The summed E-state index contributed by atoms with van der Waals surface area (Å²) < 4.78 is 5.40. The van der Waals surface area contributed by atoms with Crippen molar-refractivity contribution in [3.05, 3.63) is 29.8 Å². The van der Waals surface area contributed by atoms with Gasteiger partial charge >= 0.3 is 0 Å². The third kappa shape index (κ3) is 3.85. The lowest BCUT2D eigenvalue weighted by molar-refractivity contribution is -0.134. The normalized spacial score (nSPS) is 21.6. The smallest absolute Gasteiger partial charge is 0.142 e. The molecule has 1 unspecified atom stereocenters. The van der Waals surface area contributed by atoms with E-state index in [1.807, 2.05) is 18.2 Å². The van der Waals surface area contributed by atoms with Crippen molar-refractivity contribution < 1.29 is 9.53 Å². The van der Waals surface area contributed by atoms with Gasteiger partial charge in [0.2, 0.25) is 0 Å². The number of benzene rings is 1. The summed E-state index contributed by atoms with van der Waals surface area (Å²) >= 11 is 0. The Morgan fingerprint density at radius 2 is 2.05 bits per heavy atom. The topological polar surface area (TPSA) is 29.5 Å². The molecule has 116 valence electrons. The quantitative estimate of drug-likeness (QED) is 0.830. The standard InChI is InChI=1S/C18H27NO2/c1-18(2)11-7-9-15(17(18)20)13-19(3)12-14-8-5-6-10-16(14)21-4/h5-6,8,10,15H,7,9,11-13H2,1-4H3. The van der Waals surface area contributed by atoms with Crippen LogP contribution in [-0.2, 0) is 11.3 Å². The van der Waals surface area contributed by atoms with Crippen LogP contribution in [0, 0.1) is 11.3 Å². The Labute approximate surface area is 128 Å². The van der Waals surface area contributed by atoms with Gasteiger partial charge in [-0.1, -0.05) is 38.5 Å². The lowest BCUT2D eigenvalue weighted by Gasteiger charge is -2.35. The first-order valence-electron chi connectivity index (χ1n) is 7.79. The molecule has 0 radical (unpaired) electrons. The first kappa shape index (κ1) is 16.0. The van der Waals surface area contributed by atoms with E-state index in [0.717, 1.165) is 38.1 Å². The zero-order valence-corrected chi connectivity index (χ0v) is 13.7. The van der Waals surface area contributed by atoms with E-state index in [9.17, 15) is 4.79 Å². The summed E-state index contributed by atoms with van der Waals surface area (Å²) in [7, 11) is 3.79. The predicted octanol–water partition coefficient (Wildman–Crippen LogP) is 3.52. The third-order valence-electron chi connectivity index (χ3n) is 4.56. The molecule has 1 atom stereocenters. The van der Waals surface area contributed by atoms with Gasteiger partial charge in [0.25, 0.3) is 0 Å². The highest BCUT2D eigenvalue weighted by atomic mass is 16.5. The van der Waals surface area contributed by atoms with E-state index >= 15 is 0 Å². The number of ether oxygens (including phenoxy) is 1. The van der Waals surface area contributed by atoms with Gasteiger partial charge in [0.1, 0.15) is 11.5 Å². The van der Waals surface area contributed by atoms with E-state index in [4.69, 9.17) is 4.74 Å². The van der Waals surface area contributed by atoms with Gasteiger partial charge in [-0.05, 0) is 26.0 Å². The number of hydrogen-bond donors (Lipinski definition) is 0. The van der Waals surface area contributed by atoms with Crippen LogP contribution >= 0.6 is 0 Å². The molecule has 0 spiro atoms. The number of rotatable bonds is 5. The van der Waals surface area contributed by atoms with E-state index in [0.29, 0.717) is 5.78 Å². The zero-order chi connectivity index (χ0) is 15.5. The molecule has 1 aliphatic carbocycles. The largest absolute Gasteiger partial charge is 0.496 e. The Morgan fingerprint density at radius 1 is 1.33 bits per heavy atom. The number of hydrogen-bond acceptors (Lipinski definition) is 3. The maximum Gasteiger partial charge on any atom is 0.142 e. The van der Waals surface area contributed by atoms with Crippen molar-refractivity contribution in [1.82, 2.24) is 4.90 Å². The van der Waals surface area contributed by atoms with Gasteiger partial charge in [-0.25, -0.2) is 0 Å². The van der Waals surface area contributed by atoms with E-state index in [-0.39, 0.29) is 11.3 Å². The maximum absolute atomic E-state index is 12.5. The van der Waals surface area contributed by atoms with Crippen molar-refractivity contribution in [1.29, 1.82) is 0 Å². The van der Waals surface area contributed by atoms with Crippen LogP contribution in [0.2, 0.25) is 0 Å². The Bertz CT molecular complexity index is 496. The van der Waals surface area contributed by atoms with Crippen LogP contribution in [0.4, 0.5) is 0 Å². The van der Waals surface area contributed by atoms with Crippen LogP contribution in [0.1, 0.15) is 38.7 Å². The summed E-state index contributed by atoms with van der Waals surface area (Å²) in [4.78, 5) is 14.7. The molecule has 3 heteroatoms. The van der Waals surface area contributed by atoms with Crippen molar-refractivity contribution in [3.63, 3.8) is 0 Å². The van der Waals surface area contributed by atoms with Crippen LogP contribution in [0.15, 0.2) is 24.3 Å². The van der Waals surface area contributed by atoms with Crippen LogP contribution in [0.25, 0.3) is 0 Å². The second-order valence-electron chi connectivity index (χ2n) is 6.85. The first-order chi connectivity index (χ1) is 9.94. The second-order valence-corrected chi connectivity index (χ2v) is 6.85. The molecule has 0 bridgehead atoms. The zero-order valence-electron chi connectivity index (χ0n) is 13.7. The molecule has 0 amide bonds. The minimum atomic E-state index is -0.145. The van der Waals surface area contributed by atoms with Gasteiger partial charge < -0.3 is 9.64 Å². The summed E-state index contributed by atoms with van der Waals surface area (Å²) in [6.07, 6.45) is 3.21. The SMILES string of the molecule is COc1ccccc1CN(C)CC1CCCC(C)(C)C1=O. The number of Topliss-reactive ketones (excluding diaryl/α,β-unsaturated/α-hetero) is 1. The Kier molecular flexibility index (Phi) is 5.04. The van der Waals surface area contributed by atoms with Gasteiger partial charge in [0.15, 0.2) is 0 Å². The number of nitrogens with zero attached hydrogens (tertiary/aromatic N) is 1. The van der Waals surface area contributed by atoms with Crippen LogP contribution < -0.4 is 4.74 Å². The average Bonchev–Trinajstić information content (AvgIpc) is 2.44. The lowest BCUT2D eigenvalue weighted by Crippen LogP contribution is -2.40. The van der Waals surface area contributed by atoms with Gasteiger partial charge in [-0.2, -0.15) is 0 Å². The Morgan fingerprint density at radius 3 is 2.76 bits per heavy atom. The molecular formula is C18H27NO2. The van der Waals surface area contributed by atoms with E-state index in [2.05, 4.69) is 31.9 Å². The average molecular weight is 289 g/mol. The molecule has 3 nitrogen and oxygen atoms in total. The highest BCUT2D eigenvalue weighted by molar-refractivity contribution is 5.87. The molecule has 0 saturated heterocycles. The van der Waals surface area contributed by atoms with Crippen molar-refractivity contribution in [3.8, 4) is 5.75 Å². The summed E-state index contributed by atoms with van der Waals surface area (Å²) in [6, 6.07) is 8.08. The fraction of sp³-hybridized carbons (Fsp3) is 0.611. The lowest BCUT2D eigenvalue weighted by atomic mass is 9.71. The highest BCUT2D eigenvalue weighted by Gasteiger charge is 2.37. The summed E-state index contributed by atoms with van der Waals surface area (Å²) in [5, 5.41) is 0. The molecule has 0 N–H and O–H groups in total. The Hall–Kier alpha value is -1.35. The van der Waals surface area contributed by atoms with Gasteiger partial charge in [0.05, 0.1) is 7.11 Å². The molecule has 0 heterocycles. The fourth-order valence-corrected chi connectivity index (χ4v) is 3.34. The minimum absolute atomic E-state index is 0.145. The molecular weight excluding hydrogens is 262 g/mol. The highest BCUT2D eigenvalue weighted by Crippen LogP contribution is 2.35. The second kappa shape index (κ2) is 6.61. The number of carbonyl (C=O) groups excluding carboxylic acids is 1. The van der Waals surface area contributed by atoms with E-state index in [1.54, 1.807) is 7.11 Å². The molecule has 0 aromatic heterocycles. The van der Waals surface area contributed by atoms with Crippen molar-refractivity contribution >= 4 is 5.78 Å². The van der Waals surface area contributed by atoms with Crippen LogP contribution in [0.3, 0.4) is 0 Å². The number of carbonyl (C=O) groups is 1. The monoisotopic (exact) mass is 289 g/mol. The molecule has 21 heavy (non-hydrogen) atoms. The molecule has 0 aliphatic heterocycles. The fourth-order valence-electron chi connectivity index (χ4n) is 3.34. The van der Waals surface area contributed by atoms with Crippen LogP contribution in [-0.4, -0.2) is 31.4 Å². The Balaban J connectivity index is 1.98. The van der Waals surface area contributed by atoms with Gasteiger partial charge in [-0.15, -0.1) is 0 Å². The molecule has 2 rings (SSSR count). The summed E-state index contributed by atoms with van der Waals surface area (Å²) in [6.45, 7) is 5.82. The maximum atomic E-state index is 12.5. The molecule has 1 aromatic rings. The van der Waals surface area contributed by atoms with Crippen molar-refractivity contribution in [2.45, 2.75) is 39.7 Å². The predicted molar refractivity (Wildman–Crippen MR) is 85.5 cm³/mol. The molecule has 1 saturated carbocycles. The van der Waals surface area contributed by atoms with Crippen molar-refractivity contribution in [2.24, 2.45) is 11.3 Å². The number of ketones is 1. The minimum Gasteiger partial charge on any atom is -0.496 e. The number of para-hydroxylation sites is 1. The third-order valence-corrected chi connectivity index (χ3v) is 4.56. The van der Waals surface area contributed by atoms with Crippen LogP contribution in [0.5, 0.6) is 5.75 Å². The molecule has 1 aliphatic rings. The van der Waals surface area contributed by atoms with Gasteiger partial charge in [0, 0.05) is 30.0 Å². The van der Waals surface area contributed by atoms with E-state index in [1.165, 1.54) is 5.56 Å². The number of methoxy groups -OCH3 is 1. The molecule has 1 fully saturated rings. The first-order valence-corrected chi connectivity index (χ1v) is 7.79. The summed E-state index contributed by atoms with van der Waals surface area (Å²) in [5.41, 5.74) is 1.03. The van der Waals surface area contributed by atoms with E-state index < -0.39 is 0 Å². The molecule has 1 aromatic carbocycles. The van der Waals surface area contributed by atoms with Gasteiger partial charge in [-0.3, -0.25) is 4.79 Å².